The molecule has 2 nitrogen and oxygen atoms in total. The van der Waals surface area contributed by atoms with Crippen molar-refractivity contribution >= 4 is 0 Å². The average Bonchev–Trinajstić information content (AvgIpc) is 2.55. The second-order valence-corrected chi connectivity index (χ2v) is 6.30. The van der Waals surface area contributed by atoms with E-state index in [0.29, 0.717) is 12.0 Å². The van der Waals surface area contributed by atoms with Gasteiger partial charge < -0.3 is 10.2 Å². The molecule has 1 fully saturated rings. The van der Waals surface area contributed by atoms with Crippen LogP contribution in [0.2, 0.25) is 0 Å². The van der Waals surface area contributed by atoms with E-state index in [1.165, 1.54) is 57.3 Å². The number of benzene rings is 1. The van der Waals surface area contributed by atoms with Gasteiger partial charge in [-0.2, -0.15) is 0 Å². The standard InChI is InChI=1S/C19H32N2/c1-3-15-21(4-2)16-14-20-19-13-9-8-12-18(19)17-10-6-5-7-11-17/h5-7,10-11,18-20H,3-4,8-9,12-16H2,1-2H3. The van der Waals surface area contributed by atoms with E-state index >= 15 is 0 Å². The molecule has 0 aromatic heterocycles. The van der Waals surface area contributed by atoms with Gasteiger partial charge in [-0.3, -0.25) is 0 Å². The Hall–Kier alpha value is -0.860. The van der Waals surface area contributed by atoms with E-state index in [9.17, 15) is 0 Å². The smallest absolute Gasteiger partial charge is 0.0136 e. The summed E-state index contributed by atoms with van der Waals surface area (Å²) in [4.78, 5) is 2.55. The largest absolute Gasteiger partial charge is 0.312 e. The van der Waals surface area contributed by atoms with Crippen molar-refractivity contribution in [3.63, 3.8) is 0 Å². The zero-order chi connectivity index (χ0) is 14.9. The van der Waals surface area contributed by atoms with Crippen LogP contribution in [0.25, 0.3) is 0 Å². The Morgan fingerprint density at radius 2 is 1.81 bits per heavy atom. The van der Waals surface area contributed by atoms with Gasteiger partial charge >= 0.3 is 0 Å². The Morgan fingerprint density at radius 3 is 2.52 bits per heavy atom. The van der Waals surface area contributed by atoms with Crippen LogP contribution in [0, 0.1) is 0 Å². The molecule has 0 amide bonds. The lowest BCUT2D eigenvalue weighted by Gasteiger charge is -2.33. The van der Waals surface area contributed by atoms with Crippen LogP contribution >= 0.6 is 0 Å². The normalized spacial score (nSPS) is 22.6. The monoisotopic (exact) mass is 288 g/mol. The van der Waals surface area contributed by atoms with Crippen LogP contribution < -0.4 is 5.32 Å². The van der Waals surface area contributed by atoms with E-state index in [0.717, 1.165) is 6.54 Å². The van der Waals surface area contributed by atoms with Gasteiger partial charge in [-0.05, 0) is 43.8 Å². The van der Waals surface area contributed by atoms with Crippen LogP contribution in [0.3, 0.4) is 0 Å². The summed E-state index contributed by atoms with van der Waals surface area (Å²) in [6.45, 7) is 9.24. The lowest BCUT2D eigenvalue weighted by Crippen LogP contribution is -2.41. The fraction of sp³-hybridized carbons (Fsp3) is 0.684. The molecule has 2 unspecified atom stereocenters. The summed E-state index contributed by atoms with van der Waals surface area (Å²) in [5.74, 6) is 0.709. The molecular formula is C19H32N2. The predicted octanol–water partition coefficient (Wildman–Crippen LogP) is 4.03. The van der Waals surface area contributed by atoms with Crippen molar-refractivity contribution in [3.05, 3.63) is 35.9 Å². The first-order valence-electron chi connectivity index (χ1n) is 8.85. The van der Waals surface area contributed by atoms with Crippen LogP contribution in [0.4, 0.5) is 0 Å². The van der Waals surface area contributed by atoms with Gasteiger partial charge in [-0.25, -0.2) is 0 Å². The van der Waals surface area contributed by atoms with Crippen LogP contribution in [0.15, 0.2) is 30.3 Å². The molecule has 2 rings (SSSR count). The maximum absolute atomic E-state index is 3.85. The maximum atomic E-state index is 3.85. The number of nitrogens with zero attached hydrogens (tertiary/aromatic N) is 1. The maximum Gasteiger partial charge on any atom is 0.0136 e. The van der Waals surface area contributed by atoms with Crippen molar-refractivity contribution < 1.29 is 0 Å². The van der Waals surface area contributed by atoms with E-state index in [2.05, 4.69) is 54.4 Å². The molecule has 0 saturated heterocycles. The van der Waals surface area contributed by atoms with Gasteiger partial charge in [0.25, 0.3) is 0 Å². The van der Waals surface area contributed by atoms with Gasteiger partial charge in [0.2, 0.25) is 0 Å². The fourth-order valence-electron chi connectivity index (χ4n) is 3.63. The minimum absolute atomic E-state index is 0.668. The van der Waals surface area contributed by atoms with Gasteiger partial charge in [-0.1, -0.05) is 57.0 Å². The summed E-state index contributed by atoms with van der Waals surface area (Å²) in [6.07, 6.45) is 6.69. The Balaban J connectivity index is 1.85. The number of nitrogens with one attached hydrogen (secondary N) is 1. The highest BCUT2D eigenvalue weighted by Gasteiger charge is 2.25. The Labute approximate surface area is 130 Å². The first-order valence-corrected chi connectivity index (χ1v) is 8.85. The Kier molecular flexibility index (Phi) is 7.25. The lowest BCUT2D eigenvalue weighted by molar-refractivity contribution is 0.264. The minimum Gasteiger partial charge on any atom is -0.312 e. The molecule has 2 atom stereocenters. The van der Waals surface area contributed by atoms with E-state index < -0.39 is 0 Å². The van der Waals surface area contributed by atoms with Crippen molar-refractivity contribution in [2.24, 2.45) is 0 Å². The SMILES string of the molecule is CCCN(CC)CCNC1CCCCC1c1ccccc1. The lowest BCUT2D eigenvalue weighted by atomic mass is 9.80. The van der Waals surface area contributed by atoms with Gasteiger partial charge in [0, 0.05) is 19.1 Å². The quantitative estimate of drug-likeness (QED) is 0.777. The first-order chi connectivity index (χ1) is 10.3. The number of hydrogen-bond donors (Lipinski definition) is 1. The highest BCUT2D eigenvalue weighted by atomic mass is 15.1. The molecule has 1 N–H and O–H groups in total. The highest BCUT2D eigenvalue weighted by Crippen LogP contribution is 2.32. The summed E-state index contributed by atoms with van der Waals surface area (Å²) < 4.78 is 0. The van der Waals surface area contributed by atoms with Crippen molar-refractivity contribution in [3.8, 4) is 0 Å². The molecule has 1 aliphatic rings. The molecule has 0 bridgehead atoms. The third-order valence-electron chi connectivity index (χ3n) is 4.82. The van der Waals surface area contributed by atoms with E-state index in [1.54, 1.807) is 0 Å². The first kappa shape index (κ1) is 16.5. The Morgan fingerprint density at radius 1 is 1.05 bits per heavy atom. The van der Waals surface area contributed by atoms with E-state index in [1.807, 2.05) is 0 Å². The molecule has 0 spiro atoms. The third kappa shape index (κ3) is 5.12. The van der Waals surface area contributed by atoms with Crippen LogP contribution in [-0.2, 0) is 0 Å². The molecule has 1 aromatic carbocycles. The van der Waals surface area contributed by atoms with E-state index in [-0.39, 0.29) is 0 Å². The number of likely N-dealkylation sites (N-methyl/N-ethyl adjacent to an activating group) is 1. The van der Waals surface area contributed by atoms with Crippen LogP contribution in [0.5, 0.6) is 0 Å². The molecule has 0 heterocycles. The number of rotatable bonds is 8. The average molecular weight is 288 g/mol. The zero-order valence-electron chi connectivity index (χ0n) is 13.9. The van der Waals surface area contributed by atoms with Crippen LogP contribution in [-0.4, -0.2) is 37.1 Å². The summed E-state index contributed by atoms with van der Waals surface area (Å²) in [7, 11) is 0. The molecule has 118 valence electrons. The topological polar surface area (TPSA) is 15.3 Å². The van der Waals surface area contributed by atoms with Gasteiger partial charge in [-0.15, -0.1) is 0 Å². The molecule has 1 aliphatic carbocycles. The molecular weight excluding hydrogens is 256 g/mol. The molecule has 1 saturated carbocycles. The van der Waals surface area contributed by atoms with Crippen molar-refractivity contribution in [1.82, 2.24) is 10.2 Å². The van der Waals surface area contributed by atoms with E-state index in [4.69, 9.17) is 0 Å². The van der Waals surface area contributed by atoms with Gasteiger partial charge in [0.05, 0.1) is 0 Å². The summed E-state index contributed by atoms with van der Waals surface area (Å²) in [6, 6.07) is 11.8. The van der Waals surface area contributed by atoms with Crippen molar-refractivity contribution in [2.75, 3.05) is 26.2 Å². The minimum atomic E-state index is 0.668. The second-order valence-electron chi connectivity index (χ2n) is 6.30. The summed E-state index contributed by atoms with van der Waals surface area (Å²) in [5.41, 5.74) is 1.52. The fourth-order valence-corrected chi connectivity index (χ4v) is 3.63. The Bertz CT molecular complexity index is 376. The molecule has 0 aliphatic heterocycles. The molecule has 21 heavy (non-hydrogen) atoms. The van der Waals surface area contributed by atoms with Crippen molar-refractivity contribution in [1.29, 1.82) is 0 Å². The number of hydrogen-bond acceptors (Lipinski definition) is 2. The predicted molar refractivity (Wildman–Crippen MR) is 91.8 cm³/mol. The van der Waals surface area contributed by atoms with Crippen molar-refractivity contribution in [2.45, 2.75) is 57.9 Å². The van der Waals surface area contributed by atoms with Crippen LogP contribution in [0.1, 0.15) is 57.4 Å². The second kappa shape index (κ2) is 9.22. The zero-order valence-corrected chi connectivity index (χ0v) is 13.9. The van der Waals surface area contributed by atoms with Gasteiger partial charge in [0.15, 0.2) is 0 Å². The van der Waals surface area contributed by atoms with Gasteiger partial charge in [0.1, 0.15) is 0 Å². The summed E-state index contributed by atoms with van der Waals surface area (Å²) >= 11 is 0. The molecule has 2 heteroatoms. The third-order valence-corrected chi connectivity index (χ3v) is 4.82. The molecule has 0 radical (unpaired) electrons. The summed E-state index contributed by atoms with van der Waals surface area (Å²) in [5, 5.41) is 3.85. The highest BCUT2D eigenvalue weighted by molar-refractivity contribution is 5.21. The molecule has 1 aromatic rings.